The molecule has 1 aromatic carbocycles. The van der Waals surface area contributed by atoms with Crippen molar-refractivity contribution in [3.8, 4) is 0 Å². The maximum Gasteiger partial charge on any atom is 0.270 e. The largest absolute Gasteiger partial charge is 0.376 e. The number of thiophene rings is 1. The molecule has 1 aliphatic rings. The lowest BCUT2D eigenvalue weighted by atomic mass is 10.2. The van der Waals surface area contributed by atoms with Crippen molar-refractivity contribution in [3.63, 3.8) is 0 Å². The molecule has 0 bridgehead atoms. The highest BCUT2D eigenvalue weighted by Gasteiger charge is 2.27. The Hall–Kier alpha value is -1.18. The first-order valence-corrected chi connectivity index (χ1v) is 10.2. The molecule has 8 heteroatoms. The molecule has 1 saturated heterocycles. The summed E-state index contributed by atoms with van der Waals surface area (Å²) in [4.78, 5) is 20.0. The van der Waals surface area contributed by atoms with Crippen molar-refractivity contribution in [2.24, 2.45) is 0 Å². The summed E-state index contributed by atoms with van der Waals surface area (Å²) in [5.41, 5.74) is 0.832. The lowest BCUT2D eigenvalue weighted by Gasteiger charge is -2.22. The first kappa shape index (κ1) is 17.2. The van der Waals surface area contributed by atoms with Gasteiger partial charge in [0.25, 0.3) is 5.91 Å². The number of ether oxygens (including phenoxy) is 1. The number of amides is 1. The van der Waals surface area contributed by atoms with E-state index in [0.717, 1.165) is 29.7 Å². The number of hydrogen-bond donors (Lipinski definition) is 0. The summed E-state index contributed by atoms with van der Waals surface area (Å²) in [6.07, 6.45) is 2.01. The van der Waals surface area contributed by atoms with E-state index in [4.69, 9.17) is 27.9 Å². The van der Waals surface area contributed by atoms with E-state index in [1.165, 1.54) is 22.7 Å². The summed E-state index contributed by atoms with van der Waals surface area (Å²) >= 11 is 14.8. The number of hydrogen-bond acceptors (Lipinski definition) is 5. The van der Waals surface area contributed by atoms with Gasteiger partial charge in [0, 0.05) is 11.6 Å². The first-order chi connectivity index (χ1) is 12.1. The van der Waals surface area contributed by atoms with Crippen molar-refractivity contribution in [3.05, 3.63) is 44.6 Å². The molecule has 0 aliphatic carbocycles. The Morgan fingerprint density at radius 1 is 1.28 bits per heavy atom. The van der Waals surface area contributed by atoms with Gasteiger partial charge < -0.3 is 4.74 Å². The van der Waals surface area contributed by atoms with E-state index in [9.17, 15) is 4.79 Å². The summed E-state index contributed by atoms with van der Waals surface area (Å²) < 4.78 is 7.28. The number of benzene rings is 1. The van der Waals surface area contributed by atoms with Crippen LogP contribution in [0.25, 0.3) is 10.2 Å². The quantitative estimate of drug-likeness (QED) is 0.568. The number of carbonyl (C=O) groups is 1. The van der Waals surface area contributed by atoms with E-state index in [1.54, 1.807) is 23.1 Å². The number of rotatable bonds is 4. The fourth-order valence-corrected chi connectivity index (χ4v) is 5.05. The van der Waals surface area contributed by atoms with Crippen LogP contribution in [-0.2, 0) is 4.74 Å². The zero-order valence-electron chi connectivity index (χ0n) is 13.1. The maximum atomic E-state index is 13.1. The minimum absolute atomic E-state index is 0.0370. The van der Waals surface area contributed by atoms with Crippen molar-refractivity contribution < 1.29 is 9.53 Å². The molecular formula is C17H14Cl2N2O2S2. The second kappa shape index (κ2) is 7.21. The van der Waals surface area contributed by atoms with Crippen molar-refractivity contribution in [1.29, 1.82) is 0 Å². The normalized spacial score (nSPS) is 17.3. The van der Waals surface area contributed by atoms with Crippen LogP contribution in [0.1, 0.15) is 22.5 Å². The minimum atomic E-state index is -0.0995. The lowest BCUT2D eigenvalue weighted by molar-refractivity contribution is 0.0920. The van der Waals surface area contributed by atoms with E-state index in [-0.39, 0.29) is 12.0 Å². The standard InChI is InChI=1S/C17H14Cl2N2O2S2/c18-10-3-4-12-14(8-10)25-17(20-12)21(9-11-2-1-7-23-11)16(22)13-5-6-15(19)24-13/h3-6,8,11H,1-2,7,9H2. The Morgan fingerprint density at radius 2 is 2.16 bits per heavy atom. The molecule has 0 radical (unpaired) electrons. The van der Waals surface area contributed by atoms with Gasteiger partial charge in [-0.1, -0.05) is 34.5 Å². The molecule has 3 heterocycles. The molecule has 4 rings (SSSR count). The molecule has 1 fully saturated rings. The molecule has 1 aliphatic heterocycles. The highest BCUT2D eigenvalue weighted by Crippen LogP contribution is 2.33. The predicted octanol–water partition coefficient (Wildman–Crippen LogP) is 5.49. The molecular weight excluding hydrogens is 399 g/mol. The van der Waals surface area contributed by atoms with Crippen molar-refractivity contribution in [1.82, 2.24) is 4.98 Å². The van der Waals surface area contributed by atoms with E-state index in [0.29, 0.717) is 25.9 Å². The average molecular weight is 413 g/mol. The molecule has 0 saturated carbocycles. The smallest absolute Gasteiger partial charge is 0.270 e. The average Bonchev–Trinajstić information content (AvgIpc) is 3.31. The zero-order valence-corrected chi connectivity index (χ0v) is 16.2. The third kappa shape index (κ3) is 3.68. The van der Waals surface area contributed by atoms with Gasteiger partial charge in [-0.2, -0.15) is 0 Å². The molecule has 0 N–H and O–H groups in total. The van der Waals surface area contributed by atoms with Gasteiger partial charge in [0.15, 0.2) is 5.13 Å². The molecule has 4 nitrogen and oxygen atoms in total. The van der Waals surface area contributed by atoms with Gasteiger partial charge in [-0.15, -0.1) is 11.3 Å². The van der Waals surface area contributed by atoms with Crippen LogP contribution in [0.4, 0.5) is 5.13 Å². The Kier molecular flexibility index (Phi) is 4.97. The van der Waals surface area contributed by atoms with Crippen LogP contribution < -0.4 is 4.90 Å². The van der Waals surface area contributed by atoms with Crippen molar-refractivity contribution in [2.45, 2.75) is 18.9 Å². The van der Waals surface area contributed by atoms with Crippen LogP contribution in [0.3, 0.4) is 0 Å². The van der Waals surface area contributed by atoms with Crippen LogP contribution in [0, 0.1) is 0 Å². The van der Waals surface area contributed by atoms with Crippen LogP contribution in [-0.4, -0.2) is 30.1 Å². The minimum Gasteiger partial charge on any atom is -0.376 e. The van der Waals surface area contributed by atoms with Gasteiger partial charge in [0.2, 0.25) is 0 Å². The number of fused-ring (bicyclic) bond motifs is 1. The second-order valence-electron chi connectivity index (χ2n) is 5.76. The zero-order chi connectivity index (χ0) is 17.4. The van der Waals surface area contributed by atoms with Crippen LogP contribution in [0.2, 0.25) is 9.36 Å². The first-order valence-electron chi connectivity index (χ1n) is 7.85. The van der Waals surface area contributed by atoms with Gasteiger partial charge >= 0.3 is 0 Å². The molecule has 130 valence electrons. The molecule has 2 aromatic heterocycles. The summed E-state index contributed by atoms with van der Waals surface area (Å²) in [7, 11) is 0. The Labute approximate surface area is 162 Å². The summed E-state index contributed by atoms with van der Waals surface area (Å²) in [6.45, 7) is 1.23. The SMILES string of the molecule is O=C(c1ccc(Cl)s1)N(CC1CCCO1)c1nc2ccc(Cl)cc2s1. The van der Waals surface area contributed by atoms with Gasteiger partial charge in [-0.25, -0.2) is 4.98 Å². The third-order valence-electron chi connectivity index (χ3n) is 4.01. The van der Waals surface area contributed by atoms with Crippen LogP contribution in [0.5, 0.6) is 0 Å². The Bertz CT molecular complexity index is 918. The molecule has 1 amide bonds. The predicted molar refractivity (Wildman–Crippen MR) is 105 cm³/mol. The molecule has 25 heavy (non-hydrogen) atoms. The number of nitrogens with zero attached hydrogens (tertiary/aromatic N) is 2. The topological polar surface area (TPSA) is 42.4 Å². The monoisotopic (exact) mass is 412 g/mol. The highest BCUT2D eigenvalue weighted by atomic mass is 35.5. The van der Waals surface area contributed by atoms with Gasteiger partial charge in [-0.05, 0) is 43.2 Å². The van der Waals surface area contributed by atoms with Gasteiger partial charge in [0.05, 0.1) is 32.1 Å². The van der Waals surface area contributed by atoms with E-state index < -0.39 is 0 Å². The van der Waals surface area contributed by atoms with Crippen LogP contribution in [0.15, 0.2) is 30.3 Å². The van der Waals surface area contributed by atoms with E-state index in [1.807, 2.05) is 12.1 Å². The summed E-state index contributed by atoms with van der Waals surface area (Å²) in [5.74, 6) is -0.0995. The third-order valence-corrected chi connectivity index (χ3v) is 6.50. The van der Waals surface area contributed by atoms with Crippen molar-refractivity contribution >= 4 is 67.1 Å². The fraction of sp³-hybridized carbons (Fsp3) is 0.294. The lowest BCUT2D eigenvalue weighted by Crippen LogP contribution is -2.37. The van der Waals surface area contributed by atoms with Gasteiger partial charge in [-0.3, -0.25) is 9.69 Å². The number of anilines is 1. The molecule has 0 spiro atoms. The molecule has 1 unspecified atom stereocenters. The Morgan fingerprint density at radius 3 is 2.88 bits per heavy atom. The molecule has 1 atom stereocenters. The number of halogens is 2. The Balaban J connectivity index is 1.70. The van der Waals surface area contributed by atoms with Crippen LogP contribution >= 0.6 is 45.9 Å². The maximum absolute atomic E-state index is 13.1. The van der Waals surface area contributed by atoms with Gasteiger partial charge in [0.1, 0.15) is 0 Å². The fourth-order valence-electron chi connectivity index (χ4n) is 2.80. The highest BCUT2D eigenvalue weighted by molar-refractivity contribution is 7.22. The number of carbonyl (C=O) groups excluding carboxylic acids is 1. The van der Waals surface area contributed by atoms with Crippen molar-refractivity contribution in [2.75, 3.05) is 18.1 Å². The number of aromatic nitrogens is 1. The second-order valence-corrected chi connectivity index (χ2v) is 8.92. The number of thiazole rings is 1. The van der Waals surface area contributed by atoms with E-state index in [2.05, 4.69) is 4.98 Å². The summed E-state index contributed by atoms with van der Waals surface area (Å²) in [6, 6.07) is 9.03. The summed E-state index contributed by atoms with van der Waals surface area (Å²) in [5, 5.41) is 1.31. The molecule has 3 aromatic rings. The van der Waals surface area contributed by atoms with E-state index >= 15 is 0 Å².